The maximum absolute atomic E-state index is 12.7. The van der Waals surface area contributed by atoms with Crippen LogP contribution in [0.5, 0.6) is 0 Å². The van der Waals surface area contributed by atoms with Gasteiger partial charge in [-0.15, -0.1) is 5.10 Å². The molecule has 1 aromatic carbocycles. The molecule has 0 radical (unpaired) electrons. The first-order valence-corrected chi connectivity index (χ1v) is 9.42. The van der Waals surface area contributed by atoms with Crippen molar-refractivity contribution in [3.8, 4) is 0 Å². The van der Waals surface area contributed by atoms with E-state index in [9.17, 15) is 4.79 Å². The number of likely N-dealkylation sites (tertiary alicyclic amines) is 1. The Balaban J connectivity index is 1.19. The number of carbonyl (C=O) groups is 1. The van der Waals surface area contributed by atoms with Gasteiger partial charge in [0.25, 0.3) is 5.91 Å². The van der Waals surface area contributed by atoms with E-state index in [0.29, 0.717) is 19.0 Å². The van der Waals surface area contributed by atoms with Gasteiger partial charge in [0.2, 0.25) is 0 Å². The summed E-state index contributed by atoms with van der Waals surface area (Å²) in [6.45, 7) is 4.75. The lowest BCUT2D eigenvalue weighted by Gasteiger charge is -2.39. The summed E-state index contributed by atoms with van der Waals surface area (Å²) in [5.41, 5.74) is 3.01. The third-order valence-corrected chi connectivity index (χ3v) is 5.54. The summed E-state index contributed by atoms with van der Waals surface area (Å²) in [6, 6.07) is 8.19. The zero-order valence-corrected chi connectivity index (χ0v) is 14.8. The van der Waals surface area contributed by atoms with Gasteiger partial charge < -0.3 is 14.5 Å². The summed E-state index contributed by atoms with van der Waals surface area (Å²) in [7, 11) is 0. The molecule has 2 aliphatic heterocycles. The lowest BCUT2D eigenvalue weighted by atomic mass is 10.1. The molecule has 3 fully saturated rings. The van der Waals surface area contributed by atoms with E-state index in [4.69, 9.17) is 4.74 Å². The van der Waals surface area contributed by atoms with E-state index in [0.717, 1.165) is 43.2 Å². The Labute approximate surface area is 152 Å². The second kappa shape index (κ2) is 6.39. The number of nitrogens with zero attached hydrogens (tertiary/aromatic N) is 5. The molecule has 2 aromatic rings. The van der Waals surface area contributed by atoms with Crippen molar-refractivity contribution in [2.75, 3.05) is 44.3 Å². The number of amides is 1. The van der Waals surface area contributed by atoms with Crippen molar-refractivity contribution in [3.63, 3.8) is 0 Å². The third-order valence-electron chi connectivity index (χ3n) is 5.54. The number of hydrogen-bond acceptors (Lipinski definition) is 5. The first kappa shape index (κ1) is 15.8. The molecule has 1 saturated carbocycles. The van der Waals surface area contributed by atoms with Crippen molar-refractivity contribution in [2.24, 2.45) is 0 Å². The van der Waals surface area contributed by atoms with Crippen LogP contribution >= 0.6 is 0 Å². The van der Waals surface area contributed by atoms with Crippen molar-refractivity contribution in [3.05, 3.63) is 41.7 Å². The highest BCUT2D eigenvalue weighted by Gasteiger charge is 2.34. The van der Waals surface area contributed by atoms with Crippen LogP contribution in [0.25, 0.3) is 0 Å². The van der Waals surface area contributed by atoms with E-state index < -0.39 is 0 Å². The predicted molar refractivity (Wildman–Crippen MR) is 96.4 cm³/mol. The molecule has 3 heterocycles. The zero-order chi connectivity index (χ0) is 17.5. The van der Waals surface area contributed by atoms with Crippen LogP contribution in [-0.4, -0.2) is 65.2 Å². The van der Waals surface area contributed by atoms with E-state index in [1.807, 2.05) is 33.8 Å². The maximum atomic E-state index is 12.7. The lowest BCUT2D eigenvalue weighted by Crippen LogP contribution is -2.50. The van der Waals surface area contributed by atoms with Gasteiger partial charge in [0, 0.05) is 49.5 Å². The molecule has 26 heavy (non-hydrogen) atoms. The van der Waals surface area contributed by atoms with Crippen LogP contribution in [0.15, 0.2) is 30.5 Å². The Morgan fingerprint density at radius 2 is 1.81 bits per heavy atom. The molecule has 2 saturated heterocycles. The Kier molecular flexibility index (Phi) is 3.89. The van der Waals surface area contributed by atoms with Crippen LogP contribution in [0, 0.1) is 0 Å². The number of aromatic nitrogens is 3. The quantitative estimate of drug-likeness (QED) is 0.837. The molecule has 3 aliphatic rings. The SMILES string of the molecule is O=C(c1ccc(N2CCOCC2)cc1)N1CC(n2cc(C3CC3)nn2)C1. The lowest BCUT2D eigenvalue weighted by molar-refractivity contribution is 0.0498. The summed E-state index contributed by atoms with van der Waals surface area (Å²) in [4.78, 5) is 16.8. The number of anilines is 1. The van der Waals surface area contributed by atoms with E-state index in [1.165, 1.54) is 12.8 Å². The van der Waals surface area contributed by atoms with E-state index >= 15 is 0 Å². The fraction of sp³-hybridized carbons (Fsp3) is 0.526. The fourth-order valence-electron chi connectivity index (χ4n) is 3.64. The number of benzene rings is 1. The van der Waals surface area contributed by atoms with Crippen LogP contribution in [-0.2, 0) is 4.74 Å². The summed E-state index contributed by atoms with van der Waals surface area (Å²) in [6.07, 6.45) is 4.52. The minimum atomic E-state index is 0.0947. The Bertz CT molecular complexity index is 787. The molecule has 7 heteroatoms. The number of ether oxygens (including phenoxy) is 1. The number of carbonyl (C=O) groups excluding carboxylic acids is 1. The molecule has 1 amide bonds. The van der Waals surface area contributed by atoms with Crippen molar-refractivity contribution < 1.29 is 9.53 Å². The molecule has 1 aliphatic carbocycles. The Morgan fingerprint density at radius 3 is 2.50 bits per heavy atom. The molecule has 1 aromatic heterocycles. The Hall–Kier alpha value is -2.41. The second-order valence-corrected chi connectivity index (χ2v) is 7.41. The first-order valence-electron chi connectivity index (χ1n) is 9.42. The smallest absolute Gasteiger partial charge is 0.254 e. The molecule has 0 N–H and O–H groups in total. The molecular formula is C19H23N5O2. The van der Waals surface area contributed by atoms with Crippen molar-refractivity contribution in [2.45, 2.75) is 24.8 Å². The van der Waals surface area contributed by atoms with E-state index in [-0.39, 0.29) is 11.9 Å². The molecule has 136 valence electrons. The summed E-state index contributed by atoms with van der Waals surface area (Å²) in [5.74, 6) is 0.712. The summed E-state index contributed by atoms with van der Waals surface area (Å²) in [5, 5.41) is 8.50. The highest BCUT2D eigenvalue weighted by Crippen LogP contribution is 2.39. The molecule has 5 rings (SSSR count). The van der Waals surface area contributed by atoms with Crippen LogP contribution in [0.1, 0.15) is 40.9 Å². The maximum Gasteiger partial charge on any atom is 0.254 e. The van der Waals surface area contributed by atoms with E-state index in [1.54, 1.807) is 0 Å². The minimum absolute atomic E-state index is 0.0947. The van der Waals surface area contributed by atoms with Crippen LogP contribution < -0.4 is 4.90 Å². The van der Waals surface area contributed by atoms with Crippen molar-refractivity contribution in [1.82, 2.24) is 19.9 Å². The largest absolute Gasteiger partial charge is 0.378 e. The van der Waals surface area contributed by atoms with Crippen LogP contribution in [0.2, 0.25) is 0 Å². The molecule has 0 spiro atoms. The molecular weight excluding hydrogens is 330 g/mol. The first-order chi connectivity index (χ1) is 12.8. The molecule has 7 nitrogen and oxygen atoms in total. The number of morpholine rings is 1. The van der Waals surface area contributed by atoms with Gasteiger partial charge in [-0.25, -0.2) is 4.68 Å². The van der Waals surface area contributed by atoms with Crippen LogP contribution in [0.3, 0.4) is 0 Å². The van der Waals surface area contributed by atoms with Gasteiger partial charge in [-0.1, -0.05) is 5.21 Å². The average Bonchev–Trinajstić information content (AvgIpc) is 3.40. The fourth-order valence-corrected chi connectivity index (χ4v) is 3.64. The monoisotopic (exact) mass is 353 g/mol. The van der Waals surface area contributed by atoms with E-state index in [2.05, 4.69) is 21.4 Å². The molecule has 0 atom stereocenters. The van der Waals surface area contributed by atoms with Crippen molar-refractivity contribution in [1.29, 1.82) is 0 Å². The summed E-state index contributed by atoms with van der Waals surface area (Å²) < 4.78 is 7.32. The average molecular weight is 353 g/mol. The minimum Gasteiger partial charge on any atom is -0.378 e. The van der Waals surface area contributed by atoms with Crippen LogP contribution in [0.4, 0.5) is 5.69 Å². The highest BCUT2D eigenvalue weighted by atomic mass is 16.5. The van der Waals surface area contributed by atoms with Gasteiger partial charge in [0.05, 0.1) is 24.9 Å². The number of rotatable bonds is 4. The van der Waals surface area contributed by atoms with Gasteiger partial charge in [0.1, 0.15) is 0 Å². The third kappa shape index (κ3) is 2.96. The summed E-state index contributed by atoms with van der Waals surface area (Å²) >= 11 is 0. The normalized spacial score (nSPS) is 20.9. The zero-order valence-electron chi connectivity index (χ0n) is 14.8. The van der Waals surface area contributed by atoms with Gasteiger partial charge in [-0.05, 0) is 37.1 Å². The van der Waals surface area contributed by atoms with Gasteiger partial charge in [-0.2, -0.15) is 0 Å². The van der Waals surface area contributed by atoms with Gasteiger partial charge in [0.15, 0.2) is 0 Å². The standard InChI is InChI=1S/C19H23N5O2/c25-19(15-3-5-16(6-4-15)22-7-9-26-10-8-22)23-11-17(12-23)24-13-18(20-21-24)14-1-2-14/h3-6,13-14,17H,1-2,7-12H2. The predicted octanol–water partition coefficient (Wildman–Crippen LogP) is 1.69. The van der Waals surface area contributed by atoms with Crippen molar-refractivity contribution >= 4 is 11.6 Å². The van der Waals surface area contributed by atoms with Gasteiger partial charge in [-0.3, -0.25) is 4.79 Å². The second-order valence-electron chi connectivity index (χ2n) is 7.41. The Morgan fingerprint density at radius 1 is 1.08 bits per heavy atom. The number of hydrogen-bond donors (Lipinski definition) is 0. The van der Waals surface area contributed by atoms with Gasteiger partial charge >= 0.3 is 0 Å². The highest BCUT2D eigenvalue weighted by molar-refractivity contribution is 5.95. The molecule has 0 bridgehead atoms. The molecule has 0 unspecified atom stereocenters. The topological polar surface area (TPSA) is 63.5 Å².